The van der Waals surface area contributed by atoms with Crippen LogP contribution in [0.15, 0.2) is 176 Å². The fraction of sp³-hybridized carbons (Fsp3) is 0.382. The topological polar surface area (TPSA) is 236 Å². The number of nitrogens with zero attached hydrogens (tertiary/aromatic N) is 6. The van der Waals surface area contributed by atoms with Gasteiger partial charge in [-0.25, -0.2) is 0 Å². The van der Waals surface area contributed by atoms with Crippen molar-refractivity contribution < 1.29 is 92.1 Å². The molecule has 0 aromatic heterocycles. The fourth-order valence-electron chi connectivity index (χ4n) is 7.98. The Labute approximate surface area is 537 Å². The van der Waals surface area contributed by atoms with Crippen LogP contribution in [0.1, 0.15) is 154 Å². The summed E-state index contributed by atoms with van der Waals surface area (Å²) in [5.74, 6) is 1.38. The Hall–Kier alpha value is -6.38. The SMILES string of the molecule is CC(C)(C)O.CC(C)(C)O.CC[C@H](N=Cc1ccccc1O)[C@H](CC)N=Cc1ccccc1O.CC[C@H](N=Cc1ccccc1O)[C@H](CC)N=Cc1ccccc1O.Oc1ccccc1C=N[C@H]1CCCC[C@@H]1N=Cc1ccccc1O.[Fe].[Fe].[Fe]. The maximum Gasteiger partial charge on any atom is 0.124 e. The Morgan fingerprint density at radius 2 is 0.506 bits per heavy atom. The molecule has 85 heavy (non-hydrogen) atoms. The molecule has 8 N–H and O–H groups in total. The van der Waals surface area contributed by atoms with Gasteiger partial charge in [-0.1, -0.05) is 113 Å². The summed E-state index contributed by atoms with van der Waals surface area (Å²) in [6.45, 7) is 18.8. The van der Waals surface area contributed by atoms with E-state index in [1.807, 2.05) is 72.8 Å². The van der Waals surface area contributed by atoms with Gasteiger partial charge in [0.05, 0.1) is 47.5 Å². The molecule has 0 amide bonds. The van der Waals surface area contributed by atoms with E-state index in [0.717, 1.165) is 62.5 Å². The molecule has 0 heterocycles. The minimum atomic E-state index is -0.500. The van der Waals surface area contributed by atoms with E-state index in [-0.39, 0.29) is 122 Å². The van der Waals surface area contributed by atoms with Crippen LogP contribution in [0.5, 0.6) is 34.5 Å². The molecule has 6 atom stereocenters. The molecule has 1 saturated carbocycles. The van der Waals surface area contributed by atoms with E-state index in [0.29, 0.717) is 22.3 Å². The van der Waals surface area contributed by atoms with Gasteiger partial charge in [-0.05, 0) is 153 Å². The first kappa shape index (κ1) is 78.6. The number of phenols is 6. The number of hydrogen-bond donors (Lipinski definition) is 8. The molecule has 6 aromatic carbocycles. The summed E-state index contributed by atoms with van der Waals surface area (Å²) in [6, 6.07) is 43.3. The van der Waals surface area contributed by atoms with Gasteiger partial charge in [0.2, 0.25) is 0 Å². The van der Waals surface area contributed by atoms with E-state index in [2.05, 4.69) is 57.6 Å². The number of aromatic hydroxyl groups is 6. The molecule has 464 valence electrons. The molecule has 1 aliphatic carbocycles. The number of aliphatic imine (C=N–C) groups is 6. The summed E-state index contributed by atoms with van der Waals surface area (Å²) in [6.07, 6.45) is 18.0. The van der Waals surface area contributed by atoms with Gasteiger partial charge >= 0.3 is 0 Å². The normalized spacial score (nSPS) is 15.5. The van der Waals surface area contributed by atoms with E-state index in [4.69, 9.17) is 10.2 Å². The molecule has 0 spiro atoms. The van der Waals surface area contributed by atoms with Crippen LogP contribution in [0.25, 0.3) is 0 Å². The van der Waals surface area contributed by atoms with Crippen LogP contribution in [0.2, 0.25) is 0 Å². The third-order valence-corrected chi connectivity index (χ3v) is 12.3. The summed E-state index contributed by atoms with van der Waals surface area (Å²) in [5.41, 5.74) is 3.27. The molecule has 1 aliphatic rings. The molecule has 17 heteroatoms. The standard InChI is InChI=1S/C20H22N2O2.2C20H24N2O2.2C4H10O.3Fe/c23-19-11-5-1-7-15(19)13-21-17-9-3-4-10-18(17)22-14-16-8-2-6-12-20(16)24;2*1-3-17(21-13-15-9-5-7-11-19(15)23)18(4-2)22-14-16-10-6-8-12-20(16)24;2*1-4(2,3)5;;;/h1-2,5-8,11-14,17-18,23-24H,3-4,9-10H2;2*5-14,17-18,23-24H,3-4H2,1-2H3;2*5H,1-3H3;;;/t3*17-,18-;;;;;/m000...../s1. The Balaban J connectivity index is 0.00000113. The number of para-hydroxylation sites is 6. The largest absolute Gasteiger partial charge is 0.507 e. The van der Waals surface area contributed by atoms with Gasteiger partial charge in [0.15, 0.2) is 0 Å². The first-order chi connectivity index (χ1) is 39.0. The molecule has 1 fully saturated rings. The third-order valence-electron chi connectivity index (χ3n) is 12.3. The number of benzene rings is 6. The van der Waals surface area contributed by atoms with Gasteiger partial charge in [0.25, 0.3) is 0 Å². The Kier molecular flexibility index (Phi) is 39.3. The van der Waals surface area contributed by atoms with Gasteiger partial charge in [-0.2, -0.15) is 0 Å². The van der Waals surface area contributed by atoms with Crippen LogP contribution < -0.4 is 0 Å². The van der Waals surface area contributed by atoms with Crippen LogP contribution >= 0.6 is 0 Å². The molecule has 7 rings (SSSR count). The molecule has 0 unspecified atom stereocenters. The van der Waals surface area contributed by atoms with Crippen LogP contribution in [0.3, 0.4) is 0 Å². The zero-order chi connectivity index (χ0) is 60.5. The van der Waals surface area contributed by atoms with Crippen molar-refractivity contribution in [2.45, 2.75) is 168 Å². The number of phenolic OH excluding ortho intramolecular Hbond substituents is 6. The first-order valence-electron chi connectivity index (χ1n) is 28.4. The second-order valence-electron chi connectivity index (χ2n) is 21.7. The van der Waals surface area contributed by atoms with Crippen LogP contribution in [0, 0.1) is 0 Å². The van der Waals surface area contributed by atoms with Crippen LogP contribution in [-0.2, 0) is 51.2 Å². The average Bonchev–Trinajstić information content (AvgIpc) is 3.63. The van der Waals surface area contributed by atoms with Gasteiger partial charge < -0.3 is 40.9 Å². The molecule has 14 nitrogen and oxygen atoms in total. The van der Waals surface area contributed by atoms with Crippen molar-refractivity contribution in [2.24, 2.45) is 30.0 Å². The maximum atomic E-state index is 9.84. The third kappa shape index (κ3) is 32.6. The monoisotopic (exact) mass is 1290 g/mol. The van der Waals surface area contributed by atoms with Gasteiger partial charge in [0, 0.05) is 122 Å². The van der Waals surface area contributed by atoms with E-state index in [1.54, 1.807) is 152 Å². The summed E-state index contributed by atoms with van der Waals surface area (Å²) in [4.78, 5) is 27.8. The summed E-state index contributed by atoms with van der Waals surface area (Å²) < 4.78 is 0. The Bertz CT molecular complexity index is 2490. The Morgan fingerprint density at radius 1 is 0.341 bits per heavy atom. The smallest absolute Gasteiger partial charge is 0.124 e. The van der Waals surface area contributed by atoms with Crippen LogP contribution in [0.4, 0.5) is 0 Å². The van der Waals surface area contributed by atoms with Crippen LogP contribution in [-0.4, -0.2) is 126 Å². The van der Waals surface area contributed by atoms with Crippen molar-refractivity contribution in [3.8, 4) is 34.5 Å². The molecule has 0 bridgehead atoms. The summed E-state index contributed by atoms with van der Waals surface area (Å²) in [5, 5.41) is 76.0. The molecule has 0 saturated heterocycles. The first-order valence-corrected chi connectivity index (χ1v) is 28.4. The number of aliphatic hydroxyl groups is 2. The molecule has 0 aliphatic heterocycles. The van der Waals surface area contributed by atoms with Crippen molar-refractivity contribution in [1.82, 2.24) is 0 Å². The molecular formula is C68H90Fe3N6O8. The second-order valence-corrected chi connectivity index (χ2v) is 21.7. The van der Waals surface area contributed by atoms with E-state index < -0.39 is 11.2 Å². The quantitative estimate of drug-likeness (QED) is 0.0304. The van der Waals surface area contributed by atoms with Crippen molar-refractivity contribution in [3.63, 3.8) is 0 Å². The zero-order valence-corrected chi connectivity index (χ0v) is 54.1. The average molecular weight is 1290 g/mol. The minimum Gasteiger partial charge on any atom is -0.507 e. The maximum absolute atomic E-state index is 9.84. The predicted octanol–water partition coefficient (Wildman–Crippen LogP) is 13.9. The molecule has 0 radical (unpaired) electrons. The van der Waals surface area contributed by atoms with Crippen molar-refractivity contribution in [1.29, 1.82) is 0 Å². The van der Waals surface area contributed by atoms with E-state index >= 15 is 0 Å². The van der Waals surface area contributed by atoms with Gasteiger partial charge in [0.1, 0.15) is 34.5 Å². The Morgan fingerprint density at radius 3 is 0.671 bits per heavy atom. The van der Waals surface area contributed by atoms with Gasteiger partial charge in [-0.15, -0.1) is 0 Å². The van der Waals surface area contributed by atoms with Crippen molar-refractivity contribution in [3.05, 3.63) is 179 Å². The summed E-state index contributed by atoms with van der Waals surface area (Å²) >= 11 is 0. The number of hydrogen-bond acceptors (Lipinski definition) is 14. The number of rotatable bonds is 18. The van der Waals surface area contributed by atoms with Crippen molar-refractivity contribution >= 4 is 37.3 Å². The van der Waals surface area contributed by atoms with Crippen molar-refractivity contribution in [2.75, 3.05) is 0 Å². The second kappa shape index (κ2) is 42.4. The summed E-state index contributed by atoms with van der Waals surface area (Å²) in [7, 11) is 0. The fourth-order valence-corrected chi connectivity index (χ4v) is 7.98. The zero-order valence-electron chi connectivity index (χ0n) is 50.8. The molecular weight excluding hydrogens is 1200 g/mol. The minimum absolute atomic E-state index is 0. The van der Waals surface area contributed by atoms with Gasteiger partial charge in [-0.3, -0.25) is 30.0 Å². The van der Waals surface area contributed by atoms with E-state index in [1.165, 1.54) is 0 Å². The predicted molar refractivity (Wildman–Crippen MR) is 341 cm³/mol. The van der Waals surface area contributed by atoms with E-state index in [9.17, 15) is 30.6 Å². The molecule has 6 aromatic rings.